The van der Waals surface area contributed by atoms with Crippen LogP contribution in [-0.2, 0) is 14.3 Å². The highest BCUT2D eigenvalue weighted by Gasteiger charge is 2.62. The fraction of sp³-hybridized carbons (Fsp3) is 0.300. The standard InChI is InChI=1S/C20H15ClN2O6/c21-10-1-3-13(4-2-10)28-14-8-11(7-12(9-14)23(26)27)22-19(24)17-15-5-6-16(29-15)18(17)20(22)25/h1-4,7-9,15-18H,5-6H2/t15-,16+,17-,18+. The molecular formula is C20H15ClN2O6. The zero-order valence-electron chi connectivity index (χ0n) is 15.0. The van der Waals surface area contributed by atoms with Crippen LogP contribution in [0.3, 0.4) is 0 Å². The van der Waals surface area contributed by atoms with E-state index in [1.807, 2.05) is 0 Å². The quantitative estimate of drug-likeness (QED) is 0.429. The van der Waals surface area contributed by atoms with Gasteiger partial charge in [-0.1, -0.05) is 11.6 Å². The van der Waals surface area contributed by atoms with E-state index in [2.05, 4.69) is 0 Å². The van der Waals surface area contributed by atoms with Crippen LogP contribution in [0.2, 0.25) is 5.02 Å². The van der Waals surface area contributed by atoms with Gasteiger partial charge < -0.3 is 9.47 Å². The highest BCUT2D eigenvalue weighted by Crippen LogP contribution is 2.50. The van der Waals surface area contributed by atoms with Crippen molar-refractivity contribution in [2.75, 3.05) is 4.90 Å². The zero-order valence-corrected chi connectivity index (χ0v) is 15.7. The normalized spacial score (nSPS) is 27.4. The van der Waals surface area contributed by atoms with Gasteiger partial charge in [0, 0.05) is 17.2 Å². The number of carbonyl (C=O) groups is 2. The molecule has 5 rings (SSSR count). The lowest BCUT2D eigenvalue weighted by atomic mass is 9.81. The third kappa shape index (κ3) is 2.87. The Morgan fingerprint density at radius 2 is 1.62 bits per heavy atom. The molecule has 0 unspecified atom stereocenters. The van der Waals surface area contributed by atoms with Crippen LogP contribution in [0, 0.1) is 22.0 Å². The Balaban J connectivity index is 1.52. The van der Waals surface area contributed by atoms with E-state index in [0.29, 0.717) is 10.8 Å². The Bertz CT molecular complexity index is 1010. The van der Waals surface area contributed by atoms with E-state index in [1.165, 1.54) is 18.2 Å². The molecule has 0 N–H and O–H groups in total. The van der Waals surface area contributed by atoms with Crippen molar-refractivity contribution < 1.29 is 24.0 Å². The number of fused-ring (bicyclic) bond motifs is 5. The molecule has 3 heterocycles. The van der Waals surface area contributed by atoms with Gasteiger partial charge in [0.1, 0.15) is 11.5 Å². The predicted octanol–water partition coefficient (Wildman–Crippen LogP) is 3.71. The number of non-ortho nitro benzene ring substituents is 1. The van der Waals surface area contributed by atoms with Gasteiger partial charge in [-0.25, -0.2) is 4.90 Å². The van der Waals surface area contributed by atoms with E-state index in [0.717, 1.165) is 17.7 Å². The molecule has 2 aromatic carbocycles. The van der Waals surface area contributed by atoms with Crippen LogP contribution < -0.4 is 9.64 Å². The molecule has 3 aliphatic rings. The summed E-state index contributed by atoms with van der Waals surface area (Å²) in [6.45, 7) is 0. The number of anilines is 1. The van der Waals surface area contributed by atoms with Crippen LogP contribution >= 0.6 is 11.6 Å². The molecule has 2 amide bonds. The fourth-order valence-corrected chi connectivity index (χ4v) is 4.59. The molecule has 4 atom stereocenters. The van der Waals surface area contributed by atoms with Gasteiger partial charge in [0.15, 0.2) is 0 Å². The van der Waals surface area contributed by atoms with Crippen molar-refractivity contribution >= 4 is 34.8 Å². The van der Waals surface area contributed by atoms with Crippen LogP contribution in [0.1, 0.15) is 12.8 Å². The molecule has 0 aliphatic carbocycles. The molecule has 0 radical (unpaired) electrons. The Morgan fingerprint density at radius 3 is 2.21 bits per heavy atom. The molecule has 0 aromatic heterocycles. The highest BCUT2D eigenvalue weighted by molar-refractivity contribution is 6.30. The third-order valence-corrected chi connectivity index (χ3v) is 5.93. The van der Waals surface area contributed by atoms with Gasteiger partial charge in [-0.3, -0.25) is 19.7 Å². The molecule has 8 nitrogen and oxygen atoms in total. The lowest BCUT2D eigenvalue weighted by molar-refractivity contribution is -0.384. The summed E-state index contributed by atoms with van der Waals surface area (Å²) in [7, 11) is 0. The molecular weight excluding hydrogens is 400 g/mol. The number of halogens is 1. The van der Waals surface area contributed by atoms with Crippen molar-refractivity contribution in [1.82, 2.24) is 0 Å². The highest BCUT2D eigenvalue weighted by atomic mass is 35.5. The average Bonchev–Trinajstić information content (AvgIpc) is 3.37. The molecule has 2 aromatic rings. The van der Waals surface area contributed by atoms with Crippen LogP contribution in [0.25, 0.3) is 0 Å². The number of carbonyl (C=O) groups excluding carboxylic acids is 2. The number of benzene rings is 2. The predicted molar refractivity (Wildman–Crippen MR) is 102 cm³/mol. The maximum Gasteiger partial charge on any atom is 0.275 e. The summed E-state index contributed by atoms with van der Waals surface area (Å²) in [6, 6.07) is 10.4. The number of hydrogen-bond acceptors (Lipinski definition) is 6. The van der Waals surface area contributed by atoms with Gasteiger partial charge in [0.25, 0.3) is 5.69 Å². The molecule has 3 aliphatic heterocycles. The molecule has 9 heteroatoms. The maximum atomic E-state index is 13.0. The second kappa shape index (κ2) is 6.53. The average molecular weight is 415 g/mol. The first-order valence-electron chi connectivity index (χ1n) is 9.18. The summed E-state index contributed by atoms with van der Waals surface area (Å²) in [5, 5.41) is 11.9. The van der Waals surface area contributed by atoms with Crippen molar-refractivity contribution in [2.24, 2.45) is 11.8 Å². The number of rotatable bonds is 4. The summed E-state index contributed by atoms with van der Waals surface area (Å²) in [5.41, 5.74) is -0.143. The SMILES string of the molecule is O=C1[C@@H]2[C@H](C(=O)N1c1cc(Oc3ccc(Cl)cc3)cc([N+](=O)[O-])c1)[C@H]1CC[C@@H]2O1. The van der Waals surface area contributed by atoms with Crippen LogP contribution in [0.4, 0.5) is 11.4 Å². The number of nitro benzene ring substituents is 1. The van der Waals surface area contributed by atoms with Crippen LogP contribution in [-0.4, -0.2) is 28.9 Å². The van der Waals surface area contributed by atoms with Gasteiger partial charge in [0.2, 0.25) is 11.8 Å². The minimum atomic E-state index is -0.586. The minimum Gasteiger partial charge on any atom is -0.457 e. The number of hydrogen-bond donors (Lipinski definition) is 0. The second-order valence-corrected chi connectivity index (χ2v) is 7.79. The van der Waals surface area contributed by atoms with E-state index in [-0.39, 0.29) is 41.1 Å². The summed E-state index contributed by atoms with van der Waals surface area (Å²) in [4.78, 5) is 37.8. The first kappa shape index (κ1) is 18.1. The zero-order chi connectivity index (χ0) is 20.3. The monoisotopic (exact) mass is 414 g/mol. The molecule has 0 spiro atoms. The largest absolute Gasteiger partial charge is 0.457 e. The van der Waals surface area contributed by atoms with Crippen molar-refractivity contribution in [2.45, 2.75) is 25.0 Å². The van der Waals surface area contributed by atoms with E-state index < -0.39 is 16.8 Å². The van der Waals surface area contributed by atoms with Gasteiger partial charge in [-0.05, 0) is 37.1 Å². The number of imide groups is 1. The van der Waals surface area contributed by atoms with E-state index >= 15 is 0 Å². The number of amides is 2. The van der Waals surface area contributed by atoms with E-state index in [4.69, 9.17) is 21.1 Å². The van der Waals surface area contributed by atoms with Gasteiger partial charge >= 0.3 is 0 Å². The molecule has 0 saturated carbocycles. The second-order valence-electron chi connectivity index (χ2n) is 7.35. The Kier molecular flexibility index (Phi) is 4.07. The Labute approximate surface area is 170 Å². The van der Waals surface area contributed by atoms with Gasteiger partial charge in [-0.15, -0.1) is 0 Å². The summed E-state index contributed by atoms with van der Waals surface area (Å²) >= 11 is 5.86. The molecule has 3 saturated heterocycles. The Morgan fingerprint density at radius 1 is 1.00 bits per heavy atom. The molecule has 29 heavy (non-hydrogen) atoms. The van der Waals surface area contributed by atoms with Crippen LogP contribution in [0.15, 0.2) is 42.5 Å². The lowest BCUT2D eigenvalue weighted by Gasteiger charge is -2.18. The summed E-state index contributed by atoms with van der Waals surface area (Å²) in [6.07, 6.45) is 0.988. The minimum absolute atomic E-state index is 0.131. The summed E-state index contributed by atoms with van der Waals surface area (Å²) < 4.78 is 11.4. The smallest absolute Gasteiger partial charge is 0.275 e. The van der Waals surface area contributed by atoms with Crippen molar-refractivity contribution in [3.8, 4) is 11.5 Å². The molecule has 148 valence electrons. The number of nitro groups is 1. The van der Waals surface area contributed by atoms with E-state index in [9.17, 15) is 19.7 Å². The topological polar surface area (TPSA) is 99.0 Å². The first-order chi connectivity index (χ1) is 13.9. The third-order valence-electron chi connectivity index (χ3n) is 5.68. The van der Waals surface area contributed by atoms with Gasteiger partial charge in [0.05, 0.1) is 40.7 Å². The molecule has 2 bridgehead atoms. The summed E-state index contributed by atoms with van der Waals surface area (Å²) in [5.74, 6) is -1.20. The first-order valence-corrected chi connectivity index (χ1v) is 9.56. The Hall–Kier alpha value is -2.97. The number of ether oxygens (including phenoxy) is 2. The van der Waals surface area contributed by atoms with Crippen molar-refractivity contribution in [1.29, 1.82) is 0 Å². The van der Waals surface area contributed by atoms with Gasteiger partial charge in [-0.2, -0.15) is 0 Å². The van der Waals surface area contributed by atoms with Crippen LogP contribution in [0.5, 0.6) is 11.5 Å². The fourth-order valence-electron chi connectivity index (χ4n) is 4.47. The maximum absolute atomic E-state index is 13.0. The molecule has 3 fully saturated rings. The lowest BCUT2D eigenvalue weighted by Crippen LogP contribution is -2.34. The van der Waals surface area contributed by atoms with Crippen molar-refractivity contribution in [3.05, 3.63) is 57.6 Å². The van der Waals surface area contributed by atoms with E-state index in [1.54, 1.807) is 24.3 Å². The number of nitrogens with zero attached hydrogens (tertiary/aromatic N) is 2. The van der Waals surface area contributed by atoms with Crippen molar-refractivity contribution in [3.63, 3.8) is 0 Å².